The van der Waals surface area contributed by atoms with E-state index in [0.717, 1.165) is 11.4 Å². The van der Waals surface area contributed by atoms with Crippen LogP contribution in [0.1, 0.15) is 20.8 Å². The number of allylic oxidation sites excluding steroid dienone is 3. The monoisotopic (exact) mass is 164 g/mol. The maximum Gasteiger partial charge on any atom is 0.0535 e. The lowest BCUT2D eigenvalue weighted by Crippen LogP contribution is -1.93. The zero-order chi connectivity index (χ0) is 9.40. The quantitative estimate of drug-likeness (QED) is 0.634. The largest absolute Gasteiger partial charge is 0.366 e. The van der Waals surface area contributed by atoms with E-state index in [2.05, 4.69) is 16.9 Å². The van der Waals surface area contributed by atoms with E-state index in [1.165, 1.54) is 0 Å². The van der Waals surface area contributed by atoms with Gasteiger partial charge in [-0.1, -0.05) is 12.7 Å². The molecular weight excluding hydrogens is 148 g/mol. The summed E-state index contributed by atoms with van der Waals surface area (Å²) in [4.78, 5) is 4.23. The van der Waals surface area contributed by atoms with Gasteiger partial charge in [0.15, 0.2) is 0 Å². The highest BCUT2D eigenvalue weighted by Crippen LogP contribution is 1.93. The molecule has 0 fully saturated rings. The predicted molar refractivity (Wildman–Crippen MR) is 55.0 cm³/mol. The fourth-order valence-corrected chi connectivity index (χ4v) is 0.621. The zero-order valence-electron chi connectivity index (χ0n) is 7.96. The summed E-state index contributed by atoms with van der Waals surface area (Å²) in [6.07, 6.45) is 7.34. The van der Waals surface area contributed by atoms with Gasteiger partial charge in [0.25, 0.3) is 0 Å². The van der Waals surface area contributed by atoms with Crippen molar-refractivity contribution in [3.63, 3.8) is 0 Å². The lowest BCUT2D eigenvalue weighted by Gasteiger charge is -1.94. The second kappa shape index (κ2) is 6.40. The maximum atomic E-state index is 4.23. The van der Waals surface area contributed by atoms with Crippen LogP contribution in [-0.4, -0.2) is 5.71 Å². The van der Waals surface area contributed by atoms with Crippen LogP contribution in [0.3, 0.4) is 0 Å². The second-order valence-corrected chi connectivity index (χ2v) is 2.41. The SMILES string of the molecule is C=C/C(C)=N\C(C)=C\N/C=C\C. The molecule has 0 unspecified atom stereocenters. The van der Waals surface area contributed by atoms with Gasteiger partial charge >= 0.3 is 0 Å². The molecule has 0 radical (unpaired) electrons. The van der Waals surface area contributed by atoms with Gasteiger partial charge in [0.2, 0.25) is 0 Å². The Morgan fingerprint density at radius 1 is 1.42 bits per heavy atom. The summed E-state index contributed by atoms with van der Waals surface area (Å²) in [5.74, 6) is 0. The molecule has 0 rings (SSSR count). The standard InChI is InChI=1S/C10H16N2/c1-5-7-11-8-10(4)12-9(3)6-2/h5-8,11H,2H2,1,3-4H3/b7-5-,10-8+,12-9-. The van der Waals surface area contributed by atoms with Crippen LogP contribution < -0.4 is 5.32 Å². The van der Waals surface area contributed by atoms with Crippen LogP contribution in [0, 0.1) is 0 Å². The van der Waals surface area contributed by atoms with Crippen LogP contribution in [0.2, 0.25) is 0 Å². The van der Waals surface area contributed by atoms with Crippen molar-refractivity contribution in [1.29, 1.82) is 0 Å². The van der Waals surface area contributed by atoms with Gasteiger partial charge in [0.1, 0.15) is 0 Å². The molecule has 0 aromatic heterocycles. The van der Waals surface area contributed by atoms with Crippen molar-refractivity contribution < 1.29 is 0 Å². The molecule has 66 valence electrons. The molecule has 0 heterocycles. The summed E-state index contributed by atoms with van der Waals surface area (Å²) >= 11 is 0. The van der Waals surface area contributed by atoms with E-state index in [1.807, 2.05) is 39.2 Å². The first-order valence-electron chi connectivity index (χ1n) is 3.92. The number of rotatable bonds is 4. The molecule has 0 aliphatic carbocycles. The molecule has 0 aliphatic rings. The van der Waals surface area contributed by atoms with E-state index in [1.54, 1.807) is 6.08 Å². The molecule has 0 aromatic rings. The normalized spacial score (nSPS) is 13.6. The number of nitrogens with one attached hydrogen (secondary N) is 1. The molecule has 0 saturated carbocycles. The van der Waals surface area contributed by atoms with Crippen molar-refractivity contribution in [3.05, 3.63) is 36.8 Å². The molecule has 0 aromatic carbocycles. The highest BCUT2D eigenvalue weighted by Gasteiger charge is 1.83. The van der Waals surface area contributed by atoms with E-state index in [0.29, 0.717) is 0 Å². The summed E-state index contributed by atoms with van der Waals surface area (Å²) in [5, 5.41) is 2.98. The number of hydrogen-bond donors (Lipinski definition) is 1. The minimum atomic E-state index is 0.922. The van der Waals surface area contributed by atoms with Crippen LogP contribution in [0.4, 0.5) is 0 Å². The summed E-state index contributed by atoms with van der Waals surface area (Å²) in [5.41, 5.74) is 1.86. The first-order chi connectivity index (χ1) is 5.70. The number of hydrogen-bond acceptors (Lipinski definition) is 2. The summed E-state index contributed by atoms with van der Waals surface area (Å²) < 4.78 is 0. The Morgan fingerprint density at radius 3 is 2.58 bits per heavy atom. The minimum absolute atomic E-state index is 0.922. The molecular formula is C10H16N2. The van der Waals surface area contributed by atoms with Crippen molar-refractivity contribution in [2.45, 2.75) is 20.8 Å². The van der Waals surface area contributed by atoms with Gasteiger partial charge in [-0.25, -0.2) is 0 Å². The smallest absolute Gasteiger partial charge is 0.0535 e. The predicted octanol–water partition coefficient (Wildman–Crippen LogP) is 2.62. The van der Waals surface area contributed by atoms with Gasteiger partial charge in [-0.15, -0.1) is 0 Å². The lowest BCUT2D eigenvalue weighted by atomic mass is 10.4. The first-order valence-corrected chi connectivity index (χ1v) is 3.92. The van der Waals surface area contributed by atoms with Crippen LogP contribution >= 0.6 is 0 Å². The average molecular weight is 164 g/mol. The zero-order valence-corrected chi connectivity index (χ0v) is 7.96. The summed E-state index contributed by atoms with van der Waals surface area (Å²) in [6.45, 7) is 9.42. The van der Waals surface area contributed by atoms with Crippen LogP contribution in [0.25, 0.3) is 0 Å². The lowest BCUT2D eigenvalue weighted by molar-refractivity contribution is 1.12. The van der Waals surface area contributed by atoms with E-state index in [9.17, 15) is 0 Å². The highest BCUT2D eigenvalue weighted by molar-refractivity contribution is 5.92. The third-order valence-electron chi connectivity index (χ3n) is 1.20. The van der Waals surface area contributed by atoms with Crippen LogP contribution in [-0.2, 0) is 0 Å². The van der Waals surface area contributed by atoms with Gasteiger partial charge in [0, 0.05) is 11.9 Å². The van der Waals surface area contributed by atoms with E-state index >= 15 is 0 Å². The van der Waals surface area contributed by atoms with Gasteiger partial charge in [0.05, 0.1) is 5.70 Å². The third kappa shape index (κ3) is 5.47. The van der Waals surface area contributed by atoms with Crippen molar-refractivity contribution in [2.24, 2.45) is 4.99 Å². The van der Waals surface area contributed by atoms with Crippen molar-refractivity contribution in [1.82, 2.24) is 5.32 Å². The van der Waals surface area contributed by atoms with Gasteiger partial charge < -0.3 is 5.32 Å². The Hall–Kier alpha value is -1.31. The van der Waals surface area contributed by atoms with Crippen LogP contribution in [0.15, 0.2) is 41.8 Å². The molecule has 0 amide bonds. The summed E-state index contributed by atoms with van der Waals surface area (Å²) in [6, 6.07) is 0. The van der Waals surface area contributed by atoms with E-state index in [-0.39, 0.29) is 0 Å². The van der Waals surface area contributed by atoms with Gasteiger partial charge in [-0.2, -0.15) is 0 Å². The number of aliphatic imine (C=N–C) groups is 1. The van der Waals surface area contributed by atoms with Gasteiger partial charge in [-0.3, -0.25) is 4.99 Å². The molecule has 0 saturated heterocycles. The molecule has 0 aliphatic heterocycles. The molecule has 1 N–H and O–H groups in total. The third-order valence-corrected chi connectivity index (χ3v) is 1.20. The van der Waals surface area contributed by atoms with Crippen molar-refractivity contribution in [3.8, 4) is 0 Å². The molecule has 2 nitrogen and oxygen atoms in total. The Labute approximate surface area is 74.4 Å². The number of nitrogens with zero attached hydrogens (tertiary/aromatic N) is 1. The summed E-state index contributed by atoms with van der Waals surface area (Å²) in [7, 11) is 0. The minimum Gasteiger partial charge on any atom is -0.366 e. The van der Waals surface area contributed by atoms with Crippen LogP contribution in [0.5, 0.6) is 0 Å². The molecule has 12 heavy (non-hydrogen) atoms. The Kier molecular flexibility index (Phi) is 5.70. The fourth-order valence-electron chi connectivity index (χ4n) is 0.621. The fraction of sp³-hybridized carbons (Fsp3) is 0.300. The molecule has 0 spiro atoms. The topological polar surface area (TPSA) is 24.4 Å². The first kappa shape index (κ1) is 10.7. The molecule has 0 bridgehead atoms. The highest BCUT2D eigenvalue weighted by atomic mass is 14.8. The van der Waals surface area contributed by atoms with E-state index in [4.69, 9.17) is 0 Å². The molecule has 2 heteroatoms. The van der Waals surface area contributed by atoms with Gasteiger partial charge in [-0.05, 0) is 33.0 Å². The molecule has 0 atom stereocenters. The van der Waals surface area contributed by atoms with Crippen molar-refractivity contribution in [2.75, 3.05) is 0 Å². The van der Waals surface area contributed by atoms with Crippen molar-refractivity contribution >= 4 is 5.71 Å². The Bertz CT molecular complexity index is 222. The van der Waals surface area contributed by atoms with E-state index < -0.39 is 0 Å². The maximum absolute atomic E-state index is 4.23. The second-order valence-electron chi connectivity index (χ2n) is 2.41. The Morgan fingerprint density at radius 2 is 2.08 bits per heavy atom. The average Bonchev–Trinajstić information content (AvgIpc) is 2.05. The Balaban J connectivity index is 4.09.